The van der Waals surface area contributed by atoms with Gasteiger partial charge in [-0.3, -0.25) is 20.2 Å². The Labute approximate surface area is 286 Å². The maximum atomic E-state index is 11.8. The van der Waals surface area contributed by atoms with Crippen molar-refractivity contribution in [1.82, 2.24) is 20.2 Å². The number of benzene rings is 3. The van der Waals surface area contributed by atoms with E-state index >= 15 is 0 Å². The molecule has 1 aliphatic heterocycles. The van der Waals surface area contributed by atoms with Crippen LogP contribution in [0.2, 0.25) is 13.1 Å². The summed E-state index contributed by atoms with van der Waals surface area (Å²) in [5.41, 5.74) is 9.20. The maximum Gasteiger partial charge on any atom is 0.131 e. The van der Waals surface area contributed by atoms with Gasteiger partial charge in [0.1, 0.15) is 14.3 Å². The average molecular weight is 657 g/mol. The van der Waals surface area contributed by atoms with Crippen LogP contribution in [0.5, 0.6) is 0 Å². The van der Waals surface area contributed by atoms with Gasteiger partial charge >= 0.3 is 0 Å². The lowest BCUT2D eigenvalue weighted by Crippen LogP contribution is -2.59. The van der Waals surface area contributed by atoms with Crippen molar-refractivity contribution in [3.05, 3.63) is 143 Å². The summed E-state index contributed by atoms with van der Waals surface area (Å²) in [6.07, 6.45) is 2.84. The van der Waals surface area contributed by atoms with Crippen molar-refractivity contribution >= 4 is 29.8 Å². The minimum atomic E-state index is -2.05. The molecule has 0 saturated carbocycles. The summed E-state index contributed by atoms with van der Waals surface area (Å²) in [5, 5.41) is 18.2. The van der Waals surface area contributed by atoms with E-state index in [1.165, 1.54) is 32.9 Å². The quantitative estimate of drug-likeness (QED) is 0.141. The van der Waals surface area contributed by atoms with Crippen LogP contribution >= 0.6 is 0 Å². The molecule has 0 bridgehead atoms. The van der Waals surface area contributed by atoms with Gasteiger partial charge in [-0.05, 0) is 81.2 Å². The molecular formula is C40H48N6OSi. The van der Waals surface area contributed by atoms with Crippen molar-refractivity contribution in [3.63, 3.8) is 0 Å². The molecule has 0 radical (unpaired) electrons. The predicted molar refractivity (Wildman–Crippen MR) is 201 cm³/mol. The number of pyridine rings is 2. The molecule has 0 amide bonds. The summed E-state index contributed by atoms with van der Waals surface area (Å²) in [4.78, 5) is 15.8. The molecule has 3 heterocycles. The van der Waals surface area contributed by atoms with Gasteiger partial charge in [-0.25, -0.2) is 0 Å². The first-order valence-corrected chi connectivity index (χ1v) is 19.8. The highest BCUT2D eigenvalue weighted by molar-refractivity contribution is 7.01. The van der Waals surface area contributed by atoms with E-state index < -0.39 is 14.3 Å². The number of anilines is 2. The second kappa shape index (κ2) is 14.4. The molecule has 1 aliphatic rings. The van der Waals surface area contributed by atoms with E-state index in [2.05, 4.69) is 138 Å². The van der Waals surface area contributed by atoms with Crippen LogP contribution in [-0.4, -0.2) is 69.3 Å². The van der Waals surface area contributed by atoms with E-state index in [1.807, 2.05) is 42.7 Å². The highest BCUT2D eigenvalue weighted by Crippen LogP contribution is 2.40. The number of aliphatic hydroxyl groups excluding tert-OH is 1. The number of fused-ring (bicyclic) bond motifs is 2. The van der Waals surface area contributed by atoms with Gasteiger partial charge in [0.15, 0.2) is 0 Å². The molecule has 3 aromatic carbocycles. The summed E-state index contributed by atoms with van der Waals surface area (Å²) >= 11 is 0. The molecule has 1 unspecified atom stereocenters. The number of nitrogens with zero attached hydrogens (tertiary/aromatic N) is 5. The lowest BCUT2D eigenvalue weighted by molar-refractivity contribution is 0.129. The number of hydrogen-bond donors (Lipinski definition) is 2. The summed E-state index contributed by atoms with van der Waals surface area (Å²) < 4.78 is 0. The van der Waals surface area contributed by atoms with Crippen LogP contribution in [0.3, 0.4) is 0 Å². The second-order valence-electron chi connectivity index (χ2n) is 13.7. The fraction of sp³-hybridized carbons (Fsp3) is 0.300. The molecule has 6 rings (SSSR count). The van der Waals surface area contributed by atoms with Gasteiger partial charge in [0.05, 0.1) is 11.4 Å². The first-order valence-electron chi connectivity index (χ1n) is 16.8. The Hall–Kier alpha value is -4.34. The van der Waals surface area contributed by atoms with E-state index in [4.69, 9.17) is 0 Å². The van der Waals surface area contributed by atoms with Crippen molar-refractivity contribution in [1.29, 1.82) is 0 Å². The zero-order valence-corrected chi connectivity index (χ0v) is 30.1. The smallest absolute Gasteiger partial charge is 0.131 e. The van der Waals surface area contributed by atoms with Gasteiger partial charge in [-0.2, -0.15) is 0 Å². The Morgan fingerprint density at radius 3 is 1.71 bits per heavy atom. The van der Waals surface area contributed by atoms with Gasteiger partial charge in [-0.15, -0.1) is 0 Å². The van der Waals surface area contributed by atoms with Crippen molar-refractivity contribution in [2.45, 2.75) is 38.3 Å². The van der Waals surface area contributed by atoms with Crippen LogP contribution in [0.15, 0.2) is 109 Å². The molecule has 0 saturated heterocycles. The third kappa shape index (κ3) is 7.07. The monoisotopic (exact) mass is 656 g/mol. The zero-order valence-electron chi connectivity index (χ0n) is 29.1. The Morgan fingerprint density at radius 1 is 0.688 bits per heavy atom. The molecule has 5 aromatic rings. The zero-order chi connectivity index (χ0) is 33.8. The predicted octanol–water partition coefficient (Wildman–Crippen LogP) is 5.21. The van der Waals surface area contributed by atoms with Crippen LogP contribution in [-0.2, 0) is 13.1 Å². The SMILES string of the molecule is CN(C)c1ccc2c(c1)[Si](C)(C)c1cc(N(C)C)ccc1C2c1ccccc1C(O)NCCN(Cc1ccccn1)Cc1ccccn1. The number of aromatic nitrogens is 2. The topological polar surface area (TPSA) is 67.8 Å². The van der Waals surface area contributed by atoms with Gasteiger partial charge in [-0.1, -0.05) is 61.6 Å². The van der Waals surface area contributed by atoms with E-state index in [0.717, 1.165) is 29.1 Å². The maximum absolute atomic E-state index is 11.8. The number of hydrogen-bond acceptors (Lipinski definition) is 7. The highest BCUT2D eigenvalue weighted by Gasteiger charge is 2.41. The molecule has 48 heavy (non-hydrogen) atoms. The molecule has 2 aromatic heterocycles. The molecule has 1 atom stereocenters. The second-order valence-corrected chi connectivity index (χ2v) is 18.1. The van der Waals surface area contributed by atoms with Gasteiger partial charge in [0.2, 0.25) is 0 Å². The first kappa shape index (κ1) is 33.6. The van der Waals surface area contributed by atoms with Crippen molar-refractivity contribution < 1.29 is 5.11 Å². The van der Waals surface area contributed by atoms with E-state index in [-0.39, 0.29) is 5.92 Å². The lowest BCUT2D eigenvalue weighted by atomic mass is 9.81. The molecule has 0 spiro atoms. The van der Waals surface area contributed by atoms with Crippen LogP contribution in [0, 0.1) is 0 Å². The van der Waals surface area contributed by atoms with Crippen LogP contribution in [0.4, 0.5) is 11.4 Å². The molecule has 248 valence electrons. The molecule has 0 fully saturated rings. The van der Waals surface area contributed by atoms with Crippen molar-refractivity contribution in [2.24, 2.45) is 0 Å². The third-order valence-corrected chi connectivity index (χ3v) is 13.2. The Morgan fingerprint density at radius 2 is 1.21 bits per heavy atom. The fourth-order valence-corrected chi connectivity index (χ4v) is 10.2. The largest absolute Gasteiger partial charge is 0.378 e. The van der Waals surface area contributed by atoms with Crippen LogP contribution in [0.25, 0.3) is 0 Å². The Balaban J connectivity index is 1.31. The van der Waals surface area contributed by atoms with Crippen molar-refractivity contribution in [3.8, 4) is 0 Å². The minimum absolute atomic E-state index is 0.0143. The number of aliphatic hydroxyl groups is 1. The lowest BCUT2D eigenvalue weighted by Gasteiger charge is -2.40. The molecule has 2 N–H and O–H groups in total. The van der Waals surface area contributed by atoms with Crippen molar-refractivity contribution in [2.75, 3.05) is 51.1 Å². The minimum Gasteiger partial charge on any atom is -0.378 e. The normalized spacial score (nSPS) is 14.3. The fourth-order valence-electron chi connectivity index (χ4n) is 7.03. The Kier molecular flexibility index (Phi) is 10.1. The standard InChI is InChI=1S/C40H48N6OSi/c1-44(2)31-17-19-35-37(25-31)48(5,6)38-26-32(45(3)4)18-20-36(38)39(35)33-15-7-8-16-34(33)40(47)43-23-24-46(27-29-13-9-11-21-41-29)28-30-14-10-12-22-42-30/h7-22,25-26,39-40,43,47H,23-24,27-28H2,1-6H3. The summed E-state index contributed by atoms with van der Waals surface area (Å²) in [5.74, 6) is 0.0143. The van der Waals surface area contributed by atoms with E-state index in [0.29, 0.717) is 19.6 Å². The molecular weight excluding hydrogens is 609 g/mol. The highest BCUT2D eigenvalue weighted by atomic mass is 28.3. The average Bonchev–Trinajstić information content (AvgIpc) is 3.09. The van der Waals surface area contributed by atoms with E-state index in [9.17, 15) is 5.11 Å². The summed E-state index contributed by atoms with van der Waals surface area (Å²) in [7, 11) is 6.39. The summed E-state index contributed by atoms with van der Waals surface area (Å²) in [6.45, 7) is 7.68. The van der Waals surface area contributed by atoms with Crippen LogP contribution < -0.4 is 25.5 Å². The van der Waals surface area contributed by atoms with Gasteiger partial charge in [0, 0.05) is 84.1 Å². The molecule has 0 aliphatic carbocycles. The Bertz CT molecular complexity index is 1730. The molecule has 8 heteroatoms. The van der Waals surface area contributed by atoms with Gasteiger partial charge < -0.3 is 14.9 Å². The van der Waals surface area contributed by atoms with Gasteiger partial charge in [0.25, 0.3) is 0 Å². The number of nitrogens with one attached hydrogen (secondary N) is 1. The van der Waals surface area contributed by atoms with E-state index in [1.54, 1.807) is 0 Å². The number of rotatable bonds is 12. The third-order valence-electron chi connectivity index (χ3n) is 9.67. The molecule has 7 nitrogen and oxygen atoms in total. The summed E-state index contributed by atoms with van der Waals surface area (Å²) in [6, 6.07) is 34.4. The van der Waals surface area contributed by atoms with Crippen LogP contribution in [0.1, 0.15) is 45.8 Å². The first-order chi connectivity index (χ1) is 23.1.